The van der Waals surface area contributed by atoms with Crippen LogP contribution in [0.3, 0.4) is 0 Å². The number of fused-ring (bicyclic) bond motifs is 1. The zero-order chi connectivity index (χ0) is 24.6. The van der Waals surface area contributed by atoms with Crippen LogP contribution in [-0.2, 0) is 4.79 Å². The van der Waals surface area contributed by atoms with Crippen molar-refractivity contribution >= 4 is 46.2 Å². The second kappa shape index (κ2) is 11.9. The largest absolute Gasteiger partial charge is 0.346 e. The minimum absolute atomic E-state index is 0.0796. The van der Waals surface area contributed by atoms with Crippen LogP contribution in [0.2, 0.25) is 5.02 Å². The molecule has 180 valence electrons. The van der Waals surface area contributed by atoms with Gasteiger partial charge < -0.3 is 15.6 Å². The lowest BCUT2D eigenvalue weighted by molar-refractivity contribution is -0.122. The number of aromatic nitrogens is 2. The van der Waals surface area contributed by atoms with E-state index < -0.39 is 6.04 Å². The van der Waals surface area contributed by atoms with Gasteiger partial charge >= 0.3 is 0 Å². The summed E-state index contributed by atoms with van der Waals surface area (Å²) in [5, 5.41) is 6.48. The van der Waals surface area contributed by atoms with Crippen LogP contribution < -0.4 is 10.6 Å². The highest BCUT2D eigenvalue weighted by Crippen LogP contribution is 2.23. The van der Waals surface area contributed by atoms with Crippen LogP contribution in [0.4, 0.5) is 0 Å². The zero-order valence-corrected chi connectivity index (χ0v) is 20.9. The first-order valence-corrected chi connectivity index (χ1v) is 13.2. The fourth-order valence-electron chi connectivity index (χ4n) is 3.91. The second-order valence-electron chi connectivity index (χ2n) is 8.16. The molecule has 3 aromatic carbocycles. The molecule has 0 fully saturated rings. The number of rotatable bonds is 10. The molecule has 0 saturated carbocycles. The van der Waals surface area contributed by atoms with E-state index in [1.165, 1.54) is 0 Å². The molecule has 6 nitrogen and oxygen atoms in total. The molecule has 0 aliphatic heterocycles. The number of nitrogens with zero attached hydrogens (tertiary/aromatic N) is 1. The summed E-state index contributed by atoms with van der Waals surface area (Å²) in [6, 6.07) is 23.4. The third kappa shape index (κ3) is 6.44. The van der Waals surface area contributed by atoms with E-state index >= 15 is 0 Å². The van der Waals surface area contributed by atoms with Crippen molar-refractivity contribution < 1.29 is 9.59 Å². The summed E-state index contributed by atoms with van der Waals surface area (Å²) in [6.07, 6.45) is 2.85. The molecule has 0 aliphatic rings. The Bertz CT molecular complexity index is 1260. The summed E-state index contributed by atoms with van der Waals surface area (Å²) in [7, 11) is 0. The maximum atomic E-state index is 13.2. The minimum Gasteiger partial charge on any atom is -0.346 e. The average molecular weight is 507 g/mol. The van der Waals surface area contributed by atoms with Crippen LogP contribution in [0.5, 0.6) is 0 Å². The molecule has 4 rings (SSSR count). The summed E-state index contributed by atoms with van der Waals surface area (Å²) in [5.74, 6) is 1.09. The van der Waals surface area contributed by atoms with Gasteiger partial charge in [-0.3, -0.25) is 9.59 Å². The quantitative estimate of drug-likeness (QED) is 0.258. The Morgan fingerprint density at radius 3 is 2.40 bits per heavy atom. The van der Waals surface area contributed by atoms with Gasteiger partial charge in [-0.1, -0.05) is 66.2 Å². The van der Waals surface area contributed by atoms with Gasteiger partial charge in [0.2, 0.25) is 5.91 Å². The fraction of sp³-hybridized carbons (Fsp3) is 0.222. The number of aromatic amines is 1. The Morgan fingerprint density at radius 2 is 1.66 bits per heavy atom. The van der Waals surface area contributed by atoms with Gasteiger partial charge in [-0.25, -0.2) is 4.98 Å². The standard InChI is InChI=1S/C27H27ClN4O2S/c1-35-16-15-23(26-30-21-13-7-8-14-22(21)31-26)29-25(33)17-24(18-9-3-2-4-10-18)32-27(34)19-11-5-6-12-20(19)28/h2-14,23-24H,15-17H2,1H3,(H,29,33)(H,30,31)(H,32,34)/t23-,24-/m0/s1. The number of carbonyl (C=O) groups excluding carboxylic acids is 2. The Balaban J connectivity index is 1.52. The first-order valence-electron chi connectivity index (χ1n) is 11.4. The van der Waals surface area contributed by atoms with E-state index in [0.29, 0.717) is 10.6 Å². The summed E-state index contributed by atoms with van der Waals surface area (Å²) in [4.78, 5) is 34.2. The molecule has 0 spiro atoms. The van der Waals surface area contributed by atoms with Gasteiger partial charge in [0.25, 0.3) is 5.91 Å². The third-order valence-corrected chi connectivity index (χ3v) is 6.67. The highest BCUT2D eigenvalue weighted by molar-refractivity contribution is 7.98. The summed E-state index contributed by atoms with van der Waals surface area (Å²) in [6.45, 7) is 0. The molecular formula is C27H27ClN4O2S. The van der Waals surface area contributed by atoms with E-state index in [1.807, 2.05) is 60.9 Å². The van der Waals surface area contributed by atoms with Crippen LogP contribution in [0.25, 0.3) is 11.0 Å². The lowest BCUT2D eigenvalue weighted by atomic mass is 10.0. The monoisotopic (exact) mass is 506 g/mol. The molecule has 1 heterocycles. The number of amides is 2. The predicted octanol–water partition coefficient (Wildman–Crippen LogP) is 5.69. The Kier molecular flexibility index (Phi) is 8.45. The minimum atomic E-state index is -0.517. The van der Waals surface area contributed by atoms with E-state index in [1.54, 1.807) is 36.0 Å². The SMILES string of the molecule is CSCC[C@H](NC(=O)C[C@H](NC(=O)c1ccccc1Cl)c1ccccc1)c1nc2ccccc2[nH]1. The van der Waals surface area contributed by atoms with E-state index in [2.05, 4.69) is 15.6 Å². The maximum absolute atomic E-state index is 13.2. The van der Waals surface area contributed by atoms with E-state index in [0.717, 1.165) is 34.6 Å². The number of carbonyl (C=O) groups is 2. The predicted molar refractivity (Wildman–Crippen MR) is 143 cm³/mol. The number of nitrogens with one attached hydrogen (secondary N) is 3. The molecular weight excluding hydrogens is 480 g/mol. The first-order chi connectivity index (χ1) is 17.0. The van der Waals surface area contributed by atoms with Crippen LogP contribution in [-0.4, -0.2) is 33.8 Å². The van der Waals surface area contributed by atoms with Crippen molar-refractivity contribution in [2.45, 2.75) is 24.9 Å². The Labute approximate surface area is 213 Å². The molecule has 0 unspecified atom stereocenters. The lowest BCUT2D eigenvalue weighted by Gasteiger charge is -2.22. The van der Waals surface area contributed by atoms with Crippen molar-refractivity contribution in [3.05, 3.63) is 101 Å². The normalized spacial score (nSPS) is 12.7. The summed E-state index contributed by atoms with van der Waals surface area (Å²) < 4.78 is 0. The van der Waals surface area contributed by atoms with Crippen molar-refractivity contribution in [1.29, 1.82) is 0 Å². The lowest BCUT2D eigenvalue weighted by Crippen LogP contribution is -2.36. The van der Waals surface area contributed by atoms with Gasteiger partial charge in [0.15, 0.2) is 0 Å². The molecule has 0 bridgehead atoms. The summed E-state index contributed by atoms with van der Waals surface area (Å²) >= 11 is 7.93. The van der Waals surface area contributed by atoms with Crippen molar-refractivity contribution in [1.82, 2.24) is 20.6 Å². The van der Waals surface area contributed by atoms with Gasteiger partial charge in [0.1, 0.15) is 5.82 Å². The van der Waals surface area contributed by atoms with Crippen molar-refractivity contribution in [3.8, 4) is 0 Å². The van der Waals surface area contributed by atoms with Gasteiger partial charge in [-0.15, -0.1) is 0 Å². The molecule has 8 heteroatoms. The molecule has 2 amide bonds. The molecule has 1 aromatic heterocycles. The van der Waals surface area contributed by atoms with Crippen molar-refractivity contribution in [2.75, 3.05) is 12.0 Å². The number of H-pyrrole nitrogens is 1. The number of halogens is 1. The second-order valence-corrected chi connectivity index (χ2v) is 9.55. The van der Waals surface area contributed by atoms with E-state index in [9.17, 15) is 9.59 Å². The van der Waals surface area contributed by atoms with Crippen molar-refractivity contribution in [2.24, 2.45) is 0 Å². The topological polar surface area (TPSA) is 86.9 Å². The number of para-hydroxylation sites is 2. The highest BCUT2D eigenvalue weighted by atomic mass is 35.5. The molecule has 2 atom stereocenters. The number of imidazole rings is 1. The van der Waals surface area contributed by atoms with Crippen molar-refractivity contribution in [3.63, 3.8) is 0 Å². The van der Waals surface area contributed by atoms with Gasteiger partial charge in [-0.2, -0.15) is 11.8 Å². The number of benzene rings is 3. The molecule has 0 aliphatic carbocycles. The van der Waals surface area contributed by atoms with Gasteiger partial charge in [0, 0.05) is 0 Å². The number of thioether (sulfide) groups is 1. The maximum Gasteiger partial charge on any atom is 0.253 e. The number of hydrogen-bond donors (Lipinski definition) is 3. The molecule has 0 saturated heterocycles. The van der Waals surface area contributed by atoms with E-state index in [-0.39, 0.29) is 24.3 Å². The number of hydrogen-bond acceptors (Lipinski definition) is 4. The third-order valence-electron chi connectivity index (χ3n) is 5.70. The summed E-state index contributed by atoms with van der Waals surface area (Å²) in [5.41, 5.74) is 3.00. The first kappa shape index (κ1) is 24.8. The van der Waals surface area contributed by atoms with E-state index in [4.69, 9.17) is 16.6 Å². The molecule has 4 aromatic rings. The fourth-order valence-corrected chi connectivity index (χ4v) is 4.60. The van der Waals surface area contributed by atoms with Crippen LogP contribution in [0, 0.1) is 0 Å². The smallest absolute Gasteiger partial charge is 0.253 e. The Morgan fingerprint density at radius 1 is 0.943 bits per heavy atom. The zero-order valence-electron chi connectivity index (χ0n) is 19.3. The Hall–Kier alpha value is -3.29. The van der Waals surface area contributed by atoms with Gasteiger partial charge in [0.05, 0.1) is 40.1 Å². The van der Waals surface area contributed by atoms with Crippen LogP contribution >= 0.6 is 23.4 Å². The molecule has 3 N–H and O–H groups in total. The highest BCUT2D eigenvalue weighted by Gasteiger charge is 2.23. The van der Waals surface area contributed by atoms with Gasteiger partial charge in [-0.05, 0) is 48.3 Å². The van der Waals surface area contributed by atoms with Crippen LogP contribution in [0.1, 0.15) is 46.7 Å². The average Bonchev–Trinajstić information content (AvgIpc) is 3.31. The molecule has 35 heavy (non-hydrogen) atoms. The molecule has 0 radical (unpaired) electrons. The van der Waals surface area contributed by atoms with Crippen LogP contribution in [0.15, 0.2) is 78.9 Å².